The Morgan fingerprint density at radius 2 is 1.92 bits per heavy atom. The Hall–Kier alpha value is -0.350. The molecule has 1 N–H and O–H groups in total. The number of H-pyrrole nitrogens is 1. The number of nitrogens with one attached hydrogen (secondary N) is 1. The molecular formula is C8H6Br2N2. The fraction of sp³-hybridized carbons (Fsp3) is 0.125. The Kier molecular flexibility index (Phi) is 1.96. The molecule has 1 aromatic heterocycles. The van der Waals surface area contributed by atoms with Crippen LogP contribution in [0.15, 0.2) is 21.1 Å². The Morgan fingerprint density at radius 3 is 2.58 bits per heavy atom. The zero-order chi connectivity index (χ0) is 8.72. The number of hydrogen-bond donors (Lipinski definition) is 1. The van der Waals surface area contributed by atoms with Crippen LogP contribution in [-0.4, -0.2) is 9.97 Å². The number of fused-ring (bicyclic) bond motifs is 1. The lowest BCUT2D eigenvalue weighted by Crippen LogP contribution is -1.73. The van der Waals surface area contributed by atoms with Crippen molar-refractivity contribution in [2.24, 2.45) is 0 Å². The molecule has 12 heavy (non-hydrogen) atoms. The number of aromatic nitrogens is 2. The second-order valence-corrected chi connectivity index (χ2v) is 4.28. The van der Waals surface area contributed by atoms with Crippen LogP contribution in [0.25, 0.3) is 11.0 Å². The first-order valence-electron chi connectivity index (χ1n) is 3.49. The molecule has 2 nitrogen and oxygen atoms in total. The standard InChI is InChI=1S/C8H6Br2N2/c1-4-11-7-5(9)2-3-6(10)8(7)12-4/h2-3H,1H3,(H,11,12). The van der Waals surface area contributed by atoms with Gasteiger partial charge in [-0.25, -0.2) is 4.98 Å². The van der Waals surface area contributed by atoms with Crippen LogP contribution in [-0.2, 0) is 0 Å². The Morgan fingerprint density at radius 1 is 1.25 bits per heavy atom. The highest BCUT2D eigenvalue weighted by molar-refractivity contribution is 9.11. The summed E-state index contributed by atoms with van der Waals surface area (Å²) in [6, 6.07) is 3.97. The van der Waals surface area contributed by atoms with Gasteiger partial charge in [0.25, 0.3) is 0 Å². The molecular weight excluding hydrogens is 284 g/mol. The van der Waals surface area contributed by atoms with E-state index in [0.717, 1.165) is 25.8 Å². The maximum Gasteiger partial charge on any atom is 0.104 e. The van der Waals surface area contributed by atoms with E-state index in [9.17, 15) is 0 Å². The average molecular weight is 290 g/mol. The molecule has 0 radical (unpaired) electrons. The molecule has 2 aromatic rings. The fourth-order valence-electron chi connectivity index (χ4n) is 1.15. The van der Waals surface area contributed by atoms with Crippen molar-refractivity contribution in [2.75, 3.05) is 0 Å². The summed E-state index contributed by atoms with van der Waals surface area (Å²) < 4.78 is 2.06. The van der Waals surface area contributed by atoms with E-state index in [-0.39, 0.29) is 0 Å². The third kappa shape index (κ3) is 1.19. The molecule has 0 amide bonds. The molecule has 2 rings (SSSR count). The first kappa shape index (κ1) is 8.26. The van der Waals surface area contributed by atoms with Crippen LogP contribution in [0.4, 0.5) is 0 Å². The van der Waals surface area contributed by atoms with E-state index < -0.39 is 0 Å². The molecule has 62 valence electrons. The number of benzene rings is 1. The first-order chi connectivity index (χ1) is 5.68. The number of aromatic amines is 1. The van der Waals surface area contributed by atoms with Crippen molar-refractivity contribution in [3.63, 3.8) is 0 Å². The summed E-state index contributed by atoms with van der Waals surface area (Å²) in [6.07, 6.45) is 0. The number of halogens is 2. The van der Waals surface area contributed by atoms with Crippen LogP contribution in [0.5, 0.6) is 0 Å². The Labute approximate surface area is 86.6 Å². The molecule has 0 aliphatic rings. The zero-order valence-corrected chi connectivity index (χ0v) is 9.53. The highest BCUT2D eigenvalue weighted by Gasteiger charge is 2.05. The molecule has 0 atom stereocenters. The SMILES string of the molecule is Cc1nc2c(Br)ccc(Br)c2[nH]1. The van der Waals surface area contributed by atoms with Gasteiger partial charge in [-0.1, -0.05) is 0 Å². The van der Waals surface area contributed by atoms with Gasteiger partial charge in [0, 0.05) is 8.95 Å². The molecule has 0 aliphatic heterocycles. The van der Waals surface area contributed by atoms with Gasteiger partial charge in [-0.05, 0) is 50.9 Å². The van der Waals surface area contributed by atoms with Crippen LogP contribution in [0.1, 0.15) is 5.82 Å². The minimum Gasteiger partial charge on any atom is -0.341 e. The summed E-state index contributed by atoms with van der Waals surface area (Å²) in [5.74, 6) is 0.928. The highest BCUT2D eigenvalue weighted by atomic mass is 79.9. The van der Waals surface area contributed by atoms with Crippen molar-refractivity contribution in [3.8, 4) is 0 Å². The highest BCUT2D eigenvalue weighted by Crippen LogP contribution is 2.27. The van der Waals surface area contributed by atoms with Gasteiger partial charge >= 0.3 is 0 Å². The van der Waals surface area contributed by atoms with E-state index in [4.69, 9.17) is 0 Å². The molecule has 0 aliphatic carbocycles. The summed E-state index contributed by atoms with van der Waals surface area (Å²) in [5, 5.41) is 0. The van der Waals surface area contributed by atoms with Crippen LogP contribution in [0.3, 0.4) is 0 Å². The lowest BCUT2D eigenvalue weighted by atomic mass is 10.3. The lowest BCUT2D eigenvalue weighted by molar-refractivity contribution is 1.17. The van der Waals surface area contributed by atoms with Gasteiger partial charge in [0.2, 0.25) is 0 Å². The molecule has 1 heterocycles. The smallest absolute Gasteiger partial charge is 0.104 e. The van der Waals surface area contributed by atoms with Crippen molar-refractivity contribution in [1.29, 1.82) is 0 Å². The third-order valence-corrected chi connectivity index (χ3v) is 2.96. The first-order valence-corrected chi connectivity index (χ1v) is 5.07. The topological polar surface area (TPSA) is 28.7 Å². The second-order valence-electron chi connectivity index (χ2n) is 2.58. The van der Waals surface area contributed by atoms with Gasteiger partial charge in [0.15, 0.2) is 0 Å². The van der Waals surface area contributed by atoms with Gasteiger partial charge in [-0.15, -0.1) is 0 Å². The third-order valence-electron chi connectivity index (χ3n) is 1.66. The summed E-state index contributed by atoms with van der Waals surface area (Å²) >= 11 is 6.89. The molecule has 0 fully saturated rings. The van der Waals surface area contributed by atoms with Crippen molar-refractivity contribution < 1.29 is 0 Å². The zero-order valence-electron chi connectivity index (χ0n) is 6.36. The fourth-order valence-corrected chi connectivity index (χ4v) is 1.98. The summed E-state index contributed by atoms with van der Waals surface area (Å²) in [5.41, 5.74) is 2.02. The predicted octanol–water partition coefficient (Wildman–Crippen LogP) is 3.40. The van der Waals surface area contributed by atoms with E-state index in [1.165, 1.54) is 0 Å². The van der Waals surface area contributed by atoms with Crippen LogP contribution < -0.4 is 0 Å². The van der Waals surface area contributed by atoms with Crippen LogP contribution >= 0.6 is 31.9 Å². The number of nitrogens with zero attached hydrogens (tertiary/aromatic N) is 1. The summed E-state index contributed by atoms with van der Waals surface area (Å²) in [7, 11) is 0. The molecule has 0 unspecified atom stereocenters. The summed E-state index contributed by atoms with van der Waals surface area (Å²) in [4.78, 5) is 7.52. The van der Waals surface area contributed by atoms with E-state index in [0.29, 0.717) is 0 Å². The quantitative estimate of drug-likeness (QED) is 0.791. The van der Waals surface area contributed by atoms with Gasteiger partial charge in [-0.3, -0.25) is 0 Å². The van der Waals surface area contributed by atoms with Crippen molar-refractivity contribution in [1.82, 2.24) is 9.97 Å². The van der Waals surface area contributed by atoms with Crippen LogP contribution in [0, 0.1) is 6.92 Å². The van der Waals surface area contributed by atoms with E-state index in [1.807, 2.05) is 19.1 Å². The monoisotopic (exact) mass is 288 g/mol. The van der Waals surface area contributed by atoms with Crippen molar-refractivity contribution in [2.45, 2.75) is 6.92 Å². The lowest BCUT2D eigenvalue weighted by Gasteiger charge is -1.93. The molecule has 0 bridgehead atoms. The largest absolute Gasteiger partial charge is 0.341 e. The molecule has 0 saturated heterocycles. The number of aryl methyl sites for hydroxylation is 1. The Balaban J connectivity index is 2.93. The van der Waals surface area contributed by atoms with E-state index >= 15 is 0 Å². The van der Waals surface area contributed by atoms with Gasteiger partial charge in [0.05, 0.1) is 5.52 Å². The number of hydrogen-bond acceptors (Lipinski definition) is 1. The maximum atomic E-state index is 4.34. The molecule has 1 aromatic carbocycles. The van der Waals surface area contributed by atoms with Gasteiger partial charge in [-0.2, -0.15) is 0 Å². The van der Waals surface area contributed by atoms with Gasteiger partial charge < -0.3 is 4.98 Å². The van der Waals surface area contributed by atoms with Crippen molar-refractivity contribution in [3.05, 3.63) is 26.9 Å². The predicted molar refractivity (Wildman–Crippen MR) is 56.2 cm³/mol. The summed E-state index contributed by atoms with van der Waals surface area (Å²) in [6.45, 7) is 1.94. The minimum absolute atomic E-state index is 0.928. The molecule has 0 spiro atoms. The van der Waals surface area contributed by atoms with E-state index in [2.05, 4.69) is 41.8 Å². The second kappa shape index (κ2) is 2.85. The molecule has 4 heteroatoms. The van der Waals surface area contributed by atoms with Crippen molar-refractivity contribution >= 4 is 42.9 Å². The molecule has 0 saturated carbocycles. The minimum atomic E-state index is 0.928. The van der Waals surface area contributed by atoms with Crippen LogP contribution in [0.2, 0.25) is 0 Å². The Bertz CT molecular complexity index is 395. The number of imidazole rings is 1. The number of rotatable bonds is 0. The average Bonchev–Trinajstić information content (AvgIpc) is 2.41. The van der Waals surface area contributed by atoms with Gasteiger partial charge in [0.1, 0.15) is 11.3 Å². The van der Waals surface area contributed by atoms with E-state index in [1.54, 1.807) is 0 Å². The normalized spacial score (nSPS) is 10.9. The maximum absolute atomic E-state index is 4.34.